The fourth-order valence-electron chi connectivity index (χ4n) is 3.79. The number of fused-ring (bicyclic) bond motifs is 1. The molecule has 0 aliphatic heterocycles. The Balaban J connectivity index is 1.35. The van der Waals surface area contributed by atoms with Crippen LogP contribution in [0.2, 0.25) is 0 Å². The van der Waals surface area contributed by atoms with Crippen molar-refractivity contribution < 1.29 is 9.18 Å². The molecule has 164 valence electrons. The number of aryl methyl sites for hydroxylation is 1. The number of pyridine rings is 1. The van der Waals surface area contributed by atoms with Gasteiger partial charge >= 0.3 is 0 Å². The third-order valence-corrected chi connectivity index (χ3v) is 5.33. The highest BCUT2D eigenvalue weighted by Gasteiger charge is 2.16. The van der Waals surface area contributed by atoms with Gasteiger partial charge in [0, 0.05) is 38.0 Å². The molecule has 0 saturated heterocycles. The van der Waals surface area contributed by atoms with Gasteiger partial charge in [0.25, 0.3) is 5.91 Å². The summed E-state index contributed by atoms with van der Waals surface area (Å²) in [6, 6.07) is 16.4. The average Bonchev–Trinajstić information content (AvgIpc) is 3.43. The third kappa shape index (κ3) is 4.50. The quantitative estimate of drug-likeness (QED) is 0.417. The summed E-state index contributed by atoms with van der Waals surface area (Å²) in [7, 11) is 1.80. The van der Waals surface area contributed by atoms with Gasteiger partial charge in [-0.05, 0) is 41.0 Å². The van der Waals surface area contributed by atoms with E-state index in [2.05, 4.69) is 25.4 Å². The molecule has 0 atom stereocenters. The predicted molar refractivity (Wildman–Crippen MR) is 123 cm³/mol. The van der Waals surface area contributed by atoms with Crippen LogP contribution in [-0.2, 0) is 20.0 Å². The Bertz CT molecular complexity index is 1440. The van der Waals surface area contributed by atoms with Crippen molar-refractivity contribution in [2.75, 3.05) is 0 Å². The highest BCUT2D eigenvalue weighted by Crippen LogP contribution is 2.22. The molecule has 3 heterocycles. The first-order chi connectivity index (χ1) is 16.0. The van der Waals surface area contributed by atoms with Gasteiger partial charge in [-0.3, -0.25) is 9.48 Å². The van der Waals surface area contributed by atoms with Crippen molar-refractivity contribution in [1.29, 1.82) is 0 Å². The van der Waals surface area contributed by atoms with Crippen molar-refractivity contribution in [3.05, 3.63) is 102 Å². The molecule has 0 bridgehead atoms. The molecule has 0 spiro atoms. The Morgan fingerprint density at radius 1 is 1.09 bits per heavy atom. The minimum absolute atomic E-state index is 0.160. The first kappa shape index (κ1) is 20.6. The zero-order valence-corrected chi connectivity index (χ0v) is 17.9. The number of carbonyl (C=O) groups excluding carboxylic acids is 1. The molecule has 0 unspecified atom stereocenters. The summed E-state index contributed by atoms with van der Waals surface area (Å²) in [5, 5.41) is 6.97. The summed E-state index contributed by atoms with van der Waals surface area (Å²) in [6.45, 7) is 0.160. The van der Waals surface area contributed by atoms with Crippen LogP contribution < -0.4 is 5.32 Å². The first-order valence-electron chi connectivity index (χ1n) is 10.5. The van der Waals surface area contributed by atoms with Crippen LogP contribution in [0, 0.1) is 5.82 Å². The SMILES string of the molecule is Cn1cc(-c2cc(F)cc(CNC(=O)c3nccc4nc(Cc5ccccc5)[nH]c34)c2)cn1. The van der Waals surface area contributed by atoms with E-state index in [1.807, 2.05) is 42.6 Å². The van der Waals surface area contributed by atoms with Gasteiger partial charge in [-0.15, -0.1) is 0 Å². The van der Waals surface area contributed by atoms with Gasteiger partial charge < -0.3 is 10.3 Å². The van der Waals surface area contributed by atoms with Crippen LogP contribution in [-0.4, -0.2) is 30.6 Å². The highest BCUT2D eigenvalue weighted by atomic mass is 19.1. The van der Waals surface area contributed by atoms with Crippen molar-refractivity contribution in [2.24, 2.45) is 7.05 Å². The Hall–Kier alpha value is -4.33. The molecule has 2 N–H and O–H groups in total. The molecule has 0 saturated carbocycles. The number of carbonyl (C=O) groups is 1. The number of rotatable bonds is 6. The van der Waals surface area contributed by atoms with Gasteiger partial charge in [0.2, 0.25) is 0 Å². The molecule has 0 fully saturated rings. The zero-order chi connectivity index (χ0) is 22.8. The number of benzene rings is 2. The molecule has 8 heteroatoms. The topological polar surface area (TPSA) is 88.5 Å². The molecular weight excluding hydrogens is 419 g/mol. The van der Waals surface area contributed by atoms with Crippen LogP contribution in [0.1, 0.15) is 27.4 Å². The second-order valence-corrected chi connectivity index (χ2v) is 7.83. The highest BCUT2D eigenvalue weighted by molar-refractivity contribution is 6.02. The number of nitrogens with zero attached hydrogens (tertiary/aromatic N) is 4. The van der Waals surface area contributed by atoms with Crippen LogP contribution in [0.25, 0.3) is 22.2 Å². The van der Waals surface area contributed by atoms with Crippen molar-refractivity contribution in [2.45, 2.75) is 13.0 Å². The van der Waals surface area contributed by atoms with Crippen molar-refractivity contribution in [1.82, 2.24) is 30.0 Å². The van der Waals surface area contributed by atoms with Crippen molar-refractivity contribution in [3.8, 4) is 11.1 Å². The molecule has 7 nitrogen and oxygen atoms in total. The van der Waals surface area contributed by atoms with E-state index in [9.17, 15) is 9.18 Å². The summed E-state index contributed by atoms with van der Waals surface area (Å²) >= 11 is 0. The Morgan fingerprint density at radius 2 is 1.94 bits per heavy atom. The smallest absolute Gasteiger partial charge is 0.272 e. The van der Waals surface area contributed by atoms with Crippen LogP contribution in [0.4, 0.5) is 4.39 Å². The lowest BCUT2D eigenvalue weighted by Crippen LogP contribution is -2.24. The molecule has 5 aromatic rings. The number of aromatic nitrogens is 5. The Morgan fingerprint density at radius 3 is 2.73 bits per heavy atom. The lowest BCUT2D eigenvalue weighted by Gasteiger charge is -2.08. The molecule has 2 aromatic carbocycles. The van der Waals surface area contributed by atoms with E-state index in [0.29, 0.717) is 28.6 Å². The summed E-state index contributed by atoms with van der Waals surface area (Å²) in [5.41, 5.74) is 4.77. The molecule has 0 radical (unpaired) electrons. The van der Waals surface area contributed by atoms with Gasteiger partial charge in [0.05, 0.1) is 17.2 Å². The Kier molecular flexibility index (Phi) is 5.40. The van der Waals surface area contributed by atoms with E-state index in [1.165, 1.54) is 12.1 Å². The summed E-state index contributed by atoms with van der Waals surface area (Å²) in [4.78, 5) is 25.0. The van der Waals surface area contributed by atoms with E-state index in [-0.39, 0.29) is 24.0 Å². The van der Waals surface area contributed by atoms with Crippen LogP contribution in [0.5, 0.6) is 0 Å². The number of halogens is 1. The fourth-order valence-corrected chi connectivity index (χ4v) is 3.79. The normalized spacial score (nSPS) is 11.1. The molecule has 5 rings (SSSR count). The maximum atomic E-state index is 14.2. The van der Waals surface area contributed by atoms with Crippen LogP contribution in [0.15, 0.2) is 73.2 Å². The molecule has 33 heavy (non-hydrogen) atoms. The van der Waals surface area contributed by atoms with Gasteiger partial charge in [0.1, 0.15) is 11.6 Å². The van der Waals surface area contributed by atoms with Gasteiger partial charge in [-0.25, -0.2) is 14.4 Å². The average molecular weight is 440 g/mol. The third-order valence-electron chi connectivity index (χ3n) is 5.33. The summed E-state index contributed by atoms with van der Waals surface area (Å²) in [5.74, 6) is 0.0205. The molecule has 3 aromatic heterocycles. The molecular formula is C25H21FN6O. The monoisotopic (exact) mass is 440 g/mol. The van der Waals surface area contributed by atoms with Gasteiger partial charge in [-0.1, -0.05) is 30.3 Å². The number of hydrogen-bond acceptors (Lipinski definition) is 4. The maximum Gasteiger partial charge on any atom is 0.272 e. The first-order valence-corrected chi connectivity index (χ1v) is 10.5. The van der Waals surface area contributed by atoms with E-state index >= 15 is 0 Å². The Labute approximate surface area is 189 Å². The van der Waals surface area contributed by atoms with Gasteiger partial charge in [0.15, 0.2) is 5.69 Å². The molecule has 1 amide bonds. The fraction of sp³-hybridized carbons (Fsp3) is 0.120. The number of imidazole rings is 1. The number of hydrogen-bond donors (Lipinski definition) is 2. The number of amides is 1. The summed E-state index contributed by atoms with van der Waals surface area (Å²) < 4.78 is 15.8. The largest absolute Gasteiger partial charge is 0.347 e. The minimum atomic E-state index is -0.375. The van der Waals surface area contributed by atoms with Crippen LogP contribution in [0.3, 0.4) is 0 Å². The summed E-state index contributed by atoms with van der Waals surface area (Å²) in [6.07, 6.45) is 5.67. The van der Waals surface area contributed by atoms with E-state index < -0.39 is 0 Å². The zero-order valence-electron chi connectivity index (χ0n) is 17.9. The van der Waals surface area contributed by atoms with E-state index in [1.54, 1.807) is 30.2 Å². The predicted octanol–water partition coefficient (Wildman–Crippen LogP) is 4.02. The maximum absolute atomic E-state index is 14.2. The number of nitrogens with one attached hydrogen (secondary N) is 2. The molecule has 0 aliphatic carbocycles. The van der Waals surface area contributed by atoms with Crippen molar-refractivity contribution in [3.63, 3.8) is 0 Å². The number of aromatic amines is 1. The standard InChI is InChI=1S/C25H21FN6O/c1-32-15-19(14-29-32)18-9-17(10-20(26)12-18)13-28-25(33)24-23-21(7-8-27-24)30-22(31-23)11-16-5-3-2-4-6-16/h2-10,12,14-15H,11,13H2,1H3,(H,28,33)(H,30,31). The number of H-pyrrole nitrogens is 1. The second-order valence-electron chi connectivity index (χ2n) is 7.83. The van der Waals surface area contributed by atoms with E-state index in [4.69, 9.17) is 0 Å². The second kappa shape index (κ2) is 8.66. The lowest BCUT2D eigenvalue weighted by atomic mass is 10.1. The lowest BCUT2D eigenvalue weighted by molar-refractivity contribution is 0.0947. The molecule has 0 aliphatic rings. The van der Waals surface area contributed by atoms with Gasteiger partial charge in [-0.2, -0.15) is 5.10 Å². The van der Waals surface area contributed by atoms with Crippen molar-refractivity contribution >= 4 is 16.9 Å². The van der Waals surface area contributed by atoms with E-state index in [0.717, 1.165) is 17.0 Å². The van der Waals surface area contributed by atoms with Crippen LogP contribution >= 0.6 is 0 Å². The minimum Gasteiger partial charge on any atom is -0.347 e.